The molecule has 0 radical (unpaired) electrons. The summed E-state index contributed by atoms with van der Waals surface area (Å²) in [5.41, 5.74) is 8.03. The molecule has 3 unspecified atom stereocenters. The van der Waals surface area contributed by atoms with E-state index in [1.165, 1.54) is 33.4 Å². The summed E-state index contributed by atoms with van der Waals surface area (Å²) in [6, 6.07) is 0. The van der Waals surface area contributed by atoms with E-state index in [0.717, 1.165) is 0 Å². The van der Waals surface area contributed by atoms with Gasteiger partial charge in [0.2, 0.25) is 0 Å². The molecule has 3 atom stereocenters. The van der Waals surface area contributed by atoms with Crippen molar-refractivity contribution in [2.45, 2.75) is 53.6 Å². The zero-order valence-corrected chi connectivity index (χ0v) is 11.2. The van der Waals surface area contributed by atoms with Gasteiger partial charge in [0.05, 0.1) is 6.10 Å². The summed E-state index contributed by atoms with van der Waals surface area (Å²) >= 11 is 0. The molecule has 1 nitrogen and oxygen atoms in total. The molecule has 0 fully saturated rings. The summed E-state index contributed by atoms with van der Waals surface area (Å²) in [5, 5.41) is 10.3. The van der Waals surface area contributed by atoms with Crippen molar-refractivity contribution in [1.29, 1.82) is 0 Å². The van der Waals surface area contributed by atoms with Crippen LogP contribution in [0.4, 0.5) is 0 Å². The van der Waals surface area contributed by atoms with Crippen LogP contribution >= 0.6 is 0 Å². The Labute approximate surface area is 98.5 Å². The first kappa shape index (κ1) is 11.7. The number of fused-ring (bicyclic) bond motifs is 1. The minimum atomic E-state index is -0.275. The lowest BCUT2D eigenvalue weighted by molar-refractivity contribution is 0.123. The Hall–Kier alpha value is -0.820. The Kier molecular flexibility index (Phi) is 2.62. The summed E-state index contributed by atoms with van der Waals surface area (Å²) in [6.07, 6.45) is -0.275. The van der Waals surface area contributed by atoms with Crippen LogP contribution in [0.1, 0.15) is 59.3 Å². The van der Waals surface area contributed by atoms with Gasteiger partial charge in [0.25, 0.3) is 0 Å². The molecule has 0 heterocycles. The van der Waals surface area contributed by atoms with Gasteiger partial charge in [-0.3, -0.25) is 0 Å². The molecule has 1 aromatic carbocycles. The van der Waals surface area contributed by atoms with Crippen molar-refractivity contribution >= 4 is 0 Å². The topological polar surface area (TPSA) is 20.2 Å². The Morgan fingerprint density at radius 1 is 0.750 bits per heavy atom. The van der Waals surface area contributed by atoms with E-state index in [4.69, 9.17) is 0 Å². The highest BCUT2D eigenvalue weighted by atomic mass is 16.3. The van der Waals surface area contributed by atoms with Gasteiger partial charge in [-0.1, -0.05) is 13.8 Å². The second kappa shape index (κ2) is 3.59. The third-order valence-electron chi connectivity index (χ3n) is 4.82. The molecule has 0 spiro atoms. The number of benzene rings is 1. The van der Waals surface area contributed by atoms with Gasteiger partial charge < -0.3 is 5.11 Å². The molecule has 0 amide bonds. The number of hydrogen-bond donors (Lipinski definition) is 1. The van der Waals surface area contributed by atoms with Crippen molar-refractivity contribution < 1.29 is 5.11 Å². The molecule has 0 saturated carbocycles. The third kappa shape index (κ3) is 1.27. The summed E-state index contributed by atoms with van der Waals surface area (Å²) in [7, 11) is 0. The van der Waals surface area contributed by atoms with Gasteiger partial charge in [-0.15, -0.1) is 0 Å². The van der Waals surface area contributed by atoms with Gasteiger partial charge in [0.15, 0.2) is 0 Å². The SMILES string of the molecule is Cc1c(C)c(C)c2c(c1C)C(C)C(C)C2O. The quantitative estimate of drug-likeness (QED) is 0.704. The maximum atomic E-state index is 10.3. The van der Waals surface area contributed by atoms with E-state index in [2.05, 4.69) is 41.5 Å². The molecule has 0 saturated heterocycles. The number of aliphatic hydroxyl groups excluding tert-OH is 1. The van der Waals surface area contributed by atoms with Crippen LogP contribution < -0.4 is 0 Å². The third-order valence-corrected chi connectivity index (χ3v) is 4.82. The van der Waals surface area contributed by atoms with Crippen molar-refractivity contribution in [3.05, 3.63) is 33.4 Å². The average Bonchev–Trinajstić information content (AvgIpc) is 2.48. The highest BCUT2D eigenvalue weighted by molar-refractivity contribution is 5.55. The lowest BCUT2D eigenvalue weighted by atomic mass is 9.87. The minimum Gasteiger partial charge on any atom is -0.388 e. The van der Waals surface area contributed by atoms with Crippen LogP contribution in [0.5, 0.6) is 0 Å². The van der Waals surface area contributed by atoms with Crippen molar-refractivity contribution in [2.24, 2.45) is 5.92 Å². The predicted molar refractivity (Wildman–Crippen MR) is 67.9 cm³/mol. The van der Waals surface area contributed by atoms with Gasteiger partial charge >= 0.3 is 0 Å². The maximum Gasteiger partial charge on any atom is 0.0826 e. The maximum absolute atomic E-state index is 10.3. The Morgan fingerprint density at radius 2 is 1.19 bits per heavy atom. The molecule has 88 valence electrons. The van der Waals surface area contributed by atoms with Crippen LogP contribution in [-0.2, 0) is 0 Å². The molecule has 1 aromatic rings. The molecule has 0 aliphatic heterocycles. The second-order valence-electron chi connectivity index (χ2n) is 5.42. The zero-order chi connectivity index (χ0) is 12.2. The van der Waals surface area contributed by atoms with Crippen LogP contribution in [0.2, 0.25) is 0 Å². The van der Waals surface area contributed by atoms with E-state index >= 15 is 0 Å². The van der Waals surface area contributed by atoms with Gasteiger partial charge in [-0.05, 0) is 72.9 Å². The van der Waals surface area contributed by atoms with Gasteiger partial charge in [0.1, 0.15) is 0 Å². The standard InChI is InChI=1S/C15H22O/c1-7-8(2)10(4)14-13(9(7)3)11(5)12(6)15(14)16/h11-12,15-16H,1-6H3. The molecule has 0 aromatic heterocycles. The Bertz CT molecular complexity index is 404. The number of aliphatic hydroxyl groups is 1. The fraction of sp³-hybridized carbons (Fsp3) is 0.600. The first-order chi connectivity index (χ1) is 7.37. The minimum absolute atomic E-state index is 0.275. The first-order valence-electron chi connectivity index (χ1n) is 6.16. The van der Waals surface area contributed by atoms with E-state index in [0.29, 0.717) is 11.8 Å². The molecule has 1 aliphatic rings. The van der Waals surface area contributed by atoms with Crippen molar-refractivity contribution in [3.63, 3.8) is 0 Å². The summed E-state index contributed by atoms with van der Waals surface area (Å²) in [6.45, 7) is 13.1. The molecular weight excluding hydrogens is 196 g/mol. The number of hydrogen-bond acceptors (Lipinski definition) is 1. The van der Waals surface area contributed by atoms with Crippen molar-refractivity contribution in [2.75, 3.05) is 0 Å². The van der Waals surface area contributed by atoms with E-state index < -0.39 is 0 Å². The average molecular weight is 218 g/mol. The zero-order valence-electron chi connectivity index (χ0n) is 11.2. The molecule has 2 rings (SSSR count). The fourth-order valence-corrected chi connectivity index (χ4v) is 3.14. The van der Waals surface area contributed by atoms with Crippen LogP contribution in [-0.4, -0.2) is 5.11 Å². The monoisotopic (exact) mass is 218 g/mol. The lowest BCUT2D eigenvalue weighted by Gasteiger charge is -2.18. The van der Waals surface area contributed by atoms with Crippen LogP contribution in [0, 0.1) is 33.6 Å². The summed E-state index contributed by atoms with van der Waals surface area (Å²) in [5.74, 6) is 0.816. The smallest absolute Gasteiger partial charge is 0.0826 e. The number of rotatable bonds is 0. The molecule has 16 heavy (non-hydrogen) atoms. The van der Waals surface area contributed by atoms with E-state index in [1.54, 1.807) is 0 Å². The fourth-order valence-electron chi connectivity index (χ4n) is 3.14. The van der Waals surface area contributed by atoms with Crippen molar-refractivity contribution in [3.8, 4) is 0 Å². The van der Waals surface area contributed by atoms with Gasteiger partial charge in [-0.2, -0.15) is 0 Å². The van der Waals surface area contributed by atoms with Crippen LogP contribution in [0.25, 0.3) is 0 Å². The van der Waals surface area contributed by atoms with Crippen LogP contribution in [0.3, 0.4) is 0 Å². The molecular formula is C15H22O. The van der Waals surface area contributed by atoms with E-state index in [-0.39, 0.29) is 6.10 Å². The Balaban J connectivity index is 2.80. The molecule has 1 heteroatoms. The largest absolute Gasteiger partial charge is 0.388 e. The van der Waals surface area contributed by atoms with Gasteiger partial charge in [-0.25, -0.2) is 0 Å². The van der Waals surface area contributed by atoms with Crippen LogP contribution in [0.15, 0.2) is 0 Å². The Morgan fingerprint density at radius 3 is 1.69 bits per heavy atom. The van der Waals surface area contributed by atoms with Crippen molar-refractivity contribution in [1.82, 2.24) is 0 Å². The second-order valence-corrected chi connectivity index (χ2v) is 5.42. The highest BCUT2D eigenvalue weighted by Gasteiger charge is 2.37. The highest BCUT2D eigenvalue weighted by Crippen LogP contribution is 2.48. The molecule has 1 aliphatic carbocycles. The van der Waals surface area contributed by atoms with E-state index in [1.807, 2.05) is 0 Å². The summed E-state index contributed by atoms with van der Waals surface area (Å²) in [4.78, 5) is 0. The van der Waals surface area contributed by atoms with E-state index in [9.17, 15) is 5.11 Å². The summed E-state index contributed by atoms with van der Waals surface area (Å²) < 4.78 is 0. The lowest BCUT2D eigenvalue weighted by Crippen LogP contribution is -2.05. The molecule has 1 N–H and O–H groups in total. The molecule has 0 bridgehead atoms. The predicted octanol–water partition coefficient (Wildman–Crippen LogP) is 3.71. The van der Waals surface area contributed by atoms with Gasteiger partial charge in [0, 0.05) is 0 Å². The normalized spacial score (nSPS) is 28.3. The first-order valence-corrected chi connectivity index (χ1v) is 6.16.